The Morgan fingerprint density at radius 2 is 1.88 bits per heavy atom. The molecule has 0 amide bonds. The van der Waals surface area contributed by atoms with Crippen molar-refractivity contribution in [1.29, 1.82) is 5.26 Å². The topological polar surface area (TPSA) is 65.7 Å². The summed E-state index contributed by atoms with van der Waals surface area (Å²) in [7, 11) is 0. The van der Waals surface area contributed by atoms with Crippen LogP contribution in [0.4, 0.5) is 5.82 Å². The summed E-state index contributed by atoms with van der Waals surface area (Å²) in [5.41, 5.74) is 3.72. The molecule has 2 N–H and O–H groups in total. The second-order valence-corrected chi connectivity index (χ2v) is 6.86. The fraction of sp³-hybridized carbons (Fsp3) is 0.474. The van der Waals surface area contributed by atoms with E-state index in [-0.39, 0.29) is 0 Å². The molecule has 2 aliphatic rings. The van der Waals surface area contributed by atoms with Crippen LogP contribution in [0.2, 0.25) is 0 Å². The molecule has 1 aromatic carbocycles. The van der Waals surface area contributed by atoms with Crippen molar-refractivity contribution in [2.45, 2.75) is 32.2 Å². The first-order valence-electron chi connectivity index (χ1n) is 8.82. The van der Waals surface area contributed by atoms with Crippen LogP contribution in [-0.4, -0.2) is 29.4 Å². The number of rotatable bonds is 2. The van der Waals surface area contributed by atoms with Gasteiger partial charge in [-0.1, -0.05) is 29.8 Å². The Morgan fingerprint density at radius 1 is 1.12 bits per heavy atom. The molecule has 4 rings (SSSR count). The van der Waals surface area contributed by atoms with Gasteiger partial charge in [-0.2, -0.15) is 10.4 Å². The first kappa shape index (κ1) is 15.2. The van der Waals surface area contributed by atoms with Crippen molar-refractivity contribution in [1.82, 2.24) is 15.1 Å². The zero-order valence-corrected chi connectivity index (χ0v) is 14.0. The average Bonchev–Trinajstić information content (AvgIpc) is 3.01. The molecule has 0 spiro atoms. The summed E-state index contributed by atoms with van der Waals surface area (Å²) in [4.78, 5) is 0. The van der Waals surface area contributed by atoms with E-state index in [0.717, 1.165) is 43.1 Å². The summed E-state index contributed by atoms with van der Waals surface area (Å²) >= 11 is 0. The molecule has 1 saturated heterocycles. The van der Waals surface area contributed by atoms with Gasteiger partial charge in [-0.25, -0.2) is 4.68 Å². The van der Waals surface area contributed by atoms with Crippen LogP contribution in [0.1, 0.15) is 36.4 Å². The molecule has 0 radical (unpaired) electrons. The highest BCUT2D eigenvalue weighted by Gasteiger charge is 2.32. The minimum atomic E-state index is 0.398. The van der Waals surface area contributed by atoms with Crippen molar-refractivity contribution in [3.63, 3.8) is 0 Å². The number of aryl methyl sites for hydroxylation is 1. The van der Waals surface area contributed by atoms with Crippen molar-refractivity contribution < 1.29 is 0 Å². The largest absolute Gasteiger partial charge is 0.369 e. The van der Waals surface area contributed by atoms with Crippen LogP contribution in [-0.2, 0) is 0 Å². The monoisotopic (exact) mass is 321 g/mol. The standard InChI is InChI=1S/C19H23N5/c1-13-2-4-15(5-3-13)18-16(12-20)19-22-11-8-17(24(19)23-18)14-6-9-21-10-7-14/h2-5,14,17,21-22H,6-11H2,1H3/t17-/m0/s1. The molecule has 5 nitrogen and oxygen atoms in total. The predicted molar refractivity (Wildman–Crippen MR) is 94.9 cm³/mol. The molecule has 24 heavy (non-hydrogen) atoms. The Kier molecular flexibility index (Phi) is 3.99. The maximum absolute atomic E-state index is 9.72. The molecule has 0 unspecified atom stereocenters. The molecular weight excluding hydrogens is 298 g/mol. The van der Waals surface area contributed by atoms with Crippen LogP contribution >= 0.6 is 0 Å². The number of benzene rings is 1. The van der Waals surface area contributed by atoms with Crippen molar-refractivity contribution in [2.24, 2.45) is 5.92 Å². The quantitative estimate of drug-likeness (QED) is 0.892. The lowest BCUT2D eigenvalue weighted by Crippen LogP contribution is -2.36. The number of nitrogens with one attached hydrogen (secondary N) is 2. The summed E-state index contributed by atoms with van der Waals surface area (Å²) in [6.45, 7) is 5.16. The van der Waals surface area contributed by atoms with E-state index in [0.29, 0.717) is 17.5 Å². The third kappa shape index (κ3) is 2.57. The van der Waals surface area contributed by atoms with Gasteiger partial charge in [-0.3, -0.25) is 0 Å². The first-order valence-corrected chi connectivity index (χ1v) is 8.82. The van der Waals surface area contributed by atoms with Crippen molar-refractivity contribution in [2.75, 3.05) is 25.0 Å². The number of hydrogen-bond acceptors (Lipinski definition) is 4. The van der Waals surface area contributed by atoms with Gasteiger partial charge in [0.1, 0.15) is 23.1 Å². The zero-order valence-electron chi connectivity index (χ0n) is 14.0. The maximum Gasteiger partial charge on any atom is 0.143 e. The van der Waals surface area contributed by atoms with Crippen LogP contribution < -0.4 is 10.6 Å². The minimum absolute atomic E-state index is 0.398. The summed E-state index contributed by atoms with van der Waals surface area (Å²) in [5.74, 6) is 1.55. The summed E-state index contributed by atoms with van der Waals surface area (Å²) in [5, 5.41) is 21.5. The molecule has 0 aliphatic carbocycles. The van der Waals surface area contributed by atoms with Gasteiger partial charge in [0, 0.05) is 12.1 Å². The molecule has 1 atom stereocenters. The third-order valence-electron chi connectivity index (χ3n) is 5.32. The number of anilines is 1. The van der Waals surface area contributed by atoms with E-state index in [1.165, 1.54) is 18.4 Å². The number of aromatic nitrogens is 2. The fourth-order valence-electron chi connectivity index (χ4n) is 3.99. The van der Waals surface area contributed by atoms with Crippen molar-refractivity contribution >= 4 is 5.82 Å². The van der Waals surface area contributed by atoms with Crippen LogP contribution in [0.3, 0.4) is 0 Å². The molecule has 0 bridgehead atoms. The third-order valence-corrected chi connectivity index (χ3v) is 5.32. The maximum atomic E-state index is 9.72. The zero-order chi connectivity index (χ0) is 16.5. The van der Waals surface area contributed by atoms with E-state index >= 15 is 0 Å². The number of nitriles is 1. The Labute approximate surface area is 142 Å². The first-order chi connectivity index (χ1) is 11.8. The molecule has 124 valence electrons. The van der Waals surface area contributed by atoms with Crippen molar-refractivity contribution in [3.8, 4) is 17.3 Å². The van der Waals surface area contributed by atoms with E-state index in [4.69, 9.17) is 5.10 Å². The van der Waals surface area contributed by atoms with Crippen LogP contribution in [0.5, 0.6) is 0 Å². The van der Waals surface area contributed by atoms with E-state index in [2.05, 4.69) is 52.6 Å². The van der Waals surface area contributed by atoms with Gasteiger partial charge in [-0.15, -0.1) is 0 Å². The van der Waals surface area contributed by atoms with Crippen LogP contribution in [0, 0.1) is 24.2 Å². The molecule has 1 fully saturated rings. The van der Waals surface area contributed by atoms with Gasteiger partial charge in [0.05, 0.1) is 6.04 Å². The van der Waals surface area contributed by atoms with Gasteiger partial charge in [-0.05, 0) is 45.2 Å². The molecule has 3 heterocycles. The summed E-state index contributed by atoms with van der Waals surface area (Å²) in [6.07, 6.45) is 3.45. The SMILES string of the molecule is Cc1ccc(-c2nn3c(c2C#N)NCC[C@H]3C2CCNCC2)cc1. The molecule has 0 saturated carbocycles. The number of hydrogen-bond donors (Lipinski definition) is 2. The molecule has 5 heteroatoms. The van der Waals surface area contributed by atoms with Crippen LogP contribution in [0.15, 0.2) is 24.3 Å². The Balaban J connectivity index is 1.76. The Hall–Kier alpha value is -2.32. The number of fused-ring (bicyclic) bond motifs is 1. The highest BCUT2D eigenvalue weighted by Crippen LogP contribution is 2.38. The minimum Gasteiger partial charge on any atom is -0.369 e. The van der Waals surface area contributed by atoms with Crippen LogP contribution in [0.25, 0.3) is 11.3 Å². The second-order valence-electron chi connectivity index (χ2n) is 6.86. The predicted octanol–water partition coefficient (Wildman–Crippen LogP) is 3.09. The molecule has 1 aromatic heterocycles. The second kappa shape index (κ2) is 6.29. The van der Waals surface area contributed by atoms with Gasteiger partial charge in [0.15, 0.2) is 0 Å². The lowest BCUT2D eigenvalue weighted by Gasteiger charge is -2.34. The summed E-state index contributed by atoms with van der Waals surface area (Å²) < 4.78 is 2.10. The van der Waals surface area contributed by atoms with E-state index in [1.54, 1.807) is 0 Å². The lowest BCUT2D eigenvalue weighted by molar-refractivity contribution is 0.231. The van der Waals surface area contributed by atoms with Gasteiger partial charge in [0.25, 0.3) is 0 Å². The molecular formula is C19H23N5. The average molecular weight is 321 g/mol. The van der Waals surface area contributed by atoms with Crippen molar-refractivity contribution in [3.05, 3.63) is 35.4 Å². The summed E-state index contributed by atoms with van der Waals surface area (Å²) in [6, 6.07) is 11.1. The number of nitrogens with zero attached hydrogens (tertiary/aromatic N) is 3. The smallest absolute Gasteiger partial charge is 0.143 e. The number of piperidine rings is 1. The Bertz CT molecular complexity index is 762. The van der Waals surface area contributed by atoms with E-state index in [9.17, 15) is 5.26 Å². The molecule has 2 aromatic rings. The van der Waals surface area contributed by atoms with E-state index < -0.39 is 0 Å². The normalized spacial score (nSPS) is 20.9. The highest BCUT2D eigenvalue weighted by molar-refractivity contribution is 5.74. The fourth-order valence-corrected chi connectivity index (χ4v) is 3.99. The Morgan fingerprint density at radius 3 is 2.58 bits per heavy atom. The molecule has 2 aliphatic heterocycles. The highest BCUT2D eigenvalue weighted by atomic mass is 15.4. The van der Waals surface area contributed by atoms with Gasteiger partial charge < -0.3 is 10.6 Å². The van der Waals surface area contributed by atoms with Gasteiger partial charge >= 0.3 is 0 Å². The van der Waals surface area contributed by atoms with E-state index in [1.807, 2.05) is 0 Å². The van der Waals surface area contributed by atoms with Gasteiger partial charge in [0.2, 0.25) is 0 Å². The lowest BCUT2D eigenvalue weighted by atomic mass is 9.87.